The van der Waals surface area contributed by atoms with Crippen molar-refractivity contribution in [2.24, 2.45) is 0 Å². The molecule has 0 saturated carbocycles. The molecule has 0 atom stereocenters. The van der Waals surface area contributed by atoms with Crippen LogP contribution in [0.3, 0.4) is 0 Å². The van der Waals surface area contributed by atoms with Crippen LogP contribution < -0.4 is 9.47 Å². The Kier molecular flexibility index (Phi) is 9.34. The summed E-state index contributed by atoms with van der Waals surface area (Å²) in [4.78, 5) is 0. The number of halogens is 10. The molecule has 2 nitrogen and oxygen atoms in total. The van der Waals surface area contributed by atoms with Gasteiger partial charge in [-0.3, -0.25) is 0 Å². The van der Waals surface area contributed by atoms with Gasteiger partial charge in [-0.05, 0) is 46.9 Å². The smallest absolute Gasteiger partial charge is 0.431 e. The molecule has 4 aromatic rings. The number of alkyl halides is 5. The molecule has 12 heteroatoms. The molecule has 0 unspecified atom stereocenters. The van der Waals surface area contributed by atoms with E-state index in [1.165, 1.54) is 12.1 Å². The van der Waals surface area contributed by atoms with E-state index in [9.17, 15) is 35.1 Å². The Labute approximate surface area is 244 Å². The second-order valence-corrected chi connectivity index (χ2v) is 9.66. The van der Waals surface area contributed by atoms with Crippen LogP contribution in [0.1, 0.15) is 24.5 Å². The number of rotatable bonds is 9. The maximum Gasteiger partial charge on any atom is 0.431 e. The number of benzene rings is 4. The number of aryl methyl sites for hydroxylation is 1. The molecule has 226 valence electrons. The minimum absolute atomic E-state index is 0.0472. The minimum Gasteiger partial charge on any atom is -0.459 e. The monoisotopic (exact) mass is 630 g/mol. The number of hydrogen-bond donors (Lipinski definition) is 0. The van der Waals surface area contributed by atoms with Gasteiger partial charge < -0.3 is 9.47 Å². The van der Waals surface area contributed by atoms with Crippen LogP contribution in [0.15, 0.2) is 79.1 Å². The van der Waals surface area contributed by atoms with Crippen LogP contribution in [0, 0.1) is 23.3 Å². The van der Waals surface area contributed by atoms with Crippen molar-refractivity contribution in [1.29, 1.82) is 0 Å². The van der Waals surface area contributed by atoms with Crippen LogP contribution in [0.2, 0.25) is 5.02 Å². The Hall–Kier alpha value is -4.12. The van der Waals surface area contributed by atoms with Gasteiger partial charge in [0.1, 0.15) is 22.9 Å². The Bertz CT molecular complexity index is 1600. The summed E-state index contributed by atoms with van der Waals surface area (Å²) in [6, 6.07) is 13.5. The molecule has 0 aliphatic carbocycles. The molecule has 4 aromatic carbocycles. The second kappa shape index (κ2) is 12.6. The maximum absolute atomic E-state index is 15.1. The van der Waals surface area contributed by atoms with Crippen molar-refractivity contribution < 1.29 is 49.0 Å². The SMILES string of the molecule is CCCc1ccc(-c2ccc(-c3cc(F)c(C(F)(F)Oc4cc(F)c(OC=CC(F)(F)F)c(F)c4)c(Cl)c3)c(F)c2)cc1. The van der Waals surface area contributed by atoms with Crippen molar-refractivity contribution in [2.75, 3.05) is 0 Å². The van der Waals surface area contributed by atoms with Crippen molar-refractivity contribution in [3.05, 3.63) is 118 Å². The number of ether oxygens (including phenoxy) is 2. The molecule has 43 heavy (non-hydrogen) atoms. The first-order valence-corrected chi connectivity index (χ1v) is 12.9. The normalized spacial score (nSPS) is 12.2. The Morgan fingerprint density at radius 3 is 1.88 bits per heavy atom. The quantitative estimate of drug-likeness (QED) is 0.135. The average Bonchev–Trinajstić information content (AvgIpc) is 2.89. The van der Waals surface area contributed by atoms with E-state index in [4.69, 9.17) is 11.6 Å². The van der Waals surface area contributed by atoms with Gasteiger partial charge in [-0.1, -0.05) is 61.3 Å². The van der Waals surface area contributed by atoms with Gasteiger partial charge in [0.05, 0.1) is 17.4 Å². The highest BCUT2D eigenvalue weighted by molar-refractivity contribution is 6.31. The van der Waals surface area contributed by atoms with Gasteiger partial charge >= 0.3 is 12.3 Å². The molecule has 0 saturated heterocycles. The summed E-state index contributed by atoms with van der Waals surface area (Å²) in [5, 5.41) is -0.881. The van der Waals surface area contributed by atoms with Crippen LogP contribution in [0.25, 0.3) is 22.3 Å². The van der Waals surface area contributed by atoms with Crippen molar-refractivity contribution >= 4 is 11.6 Å². The summed E-state index contributed by atoms with van der Waals surface area (Å²) in [6.45, 7) is 2.04. The van der Waals surface area contributed by atoms with E-state index in [0.717, 1.165) is 30.0 Å². The van der Waals surface area contributed by atoms with Gasteiger partial charge in [-0.15, -0.1) is 0 Å². The lowest BCUT2D eigenvalue weighted by atomic mass is 9.97. The molecule has 4 rings (SSSR count). The highest BCUT2D eigenvalue weighted by Crippen LogP contribution is 2.41. The van der Waals surface area contributed by atoms with Gasteiger partial charge in [0.15, 0.2) is 17.4 Å². The Morgan fingerprint density at radius 1 is 0.721 bits per heavy atom. The zero-order valence-corrected chi connectivity index (χ0v) is 22.8. The maximum atomic E-state index is 15.1. The van der Waals surface area contributed by atoms with E-state index in [2.05, 4.69) is 9.47 Å². The van der Waals surface area contributed by atoms with E-state index in [1.54, 1.807) is 6.07 Å². The molecule has 0 spiro atoms. The predicted octanol–water partition coefficient (Wildman–Crippen LogP) is 10.8. The largest absolute Gasteiger partial charge is 0.459 e. The van der Waals surface area contributed by atoms with Crippen molar-refractivity contribution in [3.8, 4) is 33.8 Å². The standard InChI is InChI=1S/C31H20ClF9O2/c1-2-3-17-4-6-18(7-5-17)19-8-9-22(24(33)13-19)20-12-23(32)28(25(34)14-20)31(40,41)43-21-15-26(35)29(27(36)16-21)42-11-10-30(37,38)39/h4-16H,2-3H2,1H3. The molecule has 0 fully saturated rings. The third kappa shape index (κ3) is 7.64. The number of allylic oxidation sites excluding steroid dienone is 1. The van der Waals surface area contributed by atoms with E-state index < -0.39 is 63.7 Å². The van der Waals surface area contributed by atoms with E-state index in [0.29, 0.717) is 11.6 Å². The van der Waals surface area contributed by atoms with Gasteiger partial charge in [-0.25, -0.2) is 17.6 Å². The summed E-state index contributed by atoms with van der Waals surface area (Å²) in [7, 11) is 0. The molecule has 0 aromatic heterocycles. The van der Waals surface area contributed by atoms with Gasteiger partial charge in [0.25, 0.3) is 0 Å². The fraction of sp³-hybridized carbons (Fsp3) is 0.161. The van der Waals surface area contributed by atoms with E-state index in [1.807, 2.05) is 31.2 Å². The van der Waals surface area contributed by atoms with Crippen molar-refractivity contribution in [3.63, 3.8) is 0 Å². The first-order valence-electron chi connectivity index (χ1n) is 12.5. The van der Waals surface area contributed by atoms with Crippen LogP contribution in [0.5, 0.6) is 11.5 Å². The molecular weight excluding hydrogens is 611 g/mol. The molecule has 0 aliphatic heterocycles. The molecule has 0 heterocycles. The topological polar surface area (TPSA) is 18.5 Å². The van der Waals surface area contributed by atoms with Crippen LogP contribution in [0.4, 0.5) is 39.5 Å². The minimum atomic E-state index is -4.84. The molecule has 0 bridgehead atoms. The zero-order chi connectivity index (χ0) is 31.5. The fourth-order valence-electron chi connectivity index (χ4n) is 4.17. The van der Waals surface area contributed by atoms with Crippen LogP contribution in [-0.4, -0.2) is 6.18 Å². The van der Waals surface area contributed by atoms with E-state index >= 15 is 4.39 Å². The zero-order valence-electron chi connectivity index (χ0n) is 22.0. The predicted molar refractivity (Wildman–Crippen MR) is 143 cm³/mol. The molecular formula is C31H20ClF9O2. The van der Waals surface area contributed by atoms with Crippen LogP contribution >= 0.6 is 11.6 Å². The molecule has 0 aliphatic rings. The van der Waals surface area contributed by atoms with Gasteiger partial charge in [0, 0.05) is 17.7 Å². The summed E-state index contributed by atoms with van der Waals surface area (Å²) in [5.74, 6) is -8.24. The lowest BCUT2D eigenvalue weighted by Crippen LogP contribution is -2.24. The van der Waals surface area contributed by atoms with E-state index in [-0.39, 0.29) is 29.5 Å². The number of hydrogen-bond acceptors (Lipinski definition) is 2. The molecule has 0 amide bonds. The van der Waals surface area contributed by atoms with Gasteiger partial charge in [-0.2, -0.15) is 22.0 Å². The summed E-state index contributed by atoms with van der Waals surface area (Å²) in [6.07, 6.45) is -8.08. The lowest BCUT2D eigenvalue weighted by Gasteiger charge is -2.21. The first kappa shape index (κ1) is 31.8. The lowest BCUT2D eigenvalue weighted by molar-refractivity contribution is -0.187. The molecule has 0 N–H and O–H groups in total. The van der Waals surface area contributed by atoms with Crippen molar-refractivity contribution in [1.82, 2.24) is 0 Å². The fourth-order valence-corrected chi connectivity index (χ4v) is 4.49. The summed E-state index contributed by atoms with van der Waals surface area (Å²) in [5.41, 5.74) is 0.563. The summed E-state index contributed by atoms with van der Waals surface area (Å²) < 4.78 is 133. The summed E-state index contributed by atoms with van der Waals surface area (Å²) >= 11 is 5.95. The molecule has 0 radical (unpaired) electrons. The highest BCUT2D eigenvalue weighted by atomic mass is 35.5. The van der Waals surface area contributed by atoms with Crippen molar-refractivity contribution in [2.45, 2.75) is 32.1 Å². The highest BCUT2D eigenvalue weighted by Gasteiger charge is 2.41. The average molecular weight is 631 g/mol. The Morgan fingerprint density at radius 2 is 1.33 bits per heavy atom. The third-order valence-electron chi connectivity index (χ3n) is 6.10. The van der Waals surface area contributed by atoms with Gasteiger partial charge in [0.2, 0.25) is 0 Å². The third-order valence-corrected chi connectivity index (χ3v) is 6.40. The second-order valence-electron chi connectivity index (χ2n) is 9.25. The van der Waals surface area contributed by atoms with Crippen LogP contribution in [-0.2, 0) is 12.5 Å². The first-order chi connectivity index (χ1) is 20.2. The Balaban J connectivity index is 1.58.